The summed E-state index contributed by atoms with van der Waals surface area (Å²) in [4.78, 5) is 10.5. The number of primary sulfonamides is 1. The number of nitrogens with two attached hydrogens (primary N) is 1. The smallest absolute Gasteiger partial charge is 0.331 e. The summed E-state index contributed by atoms with van der Waals surface area (Å²) < 4.78 is 22.4. The second kappa shape index (κ2) is 4.46. The van der Waals surface area contributed by atoms with Crippen molar-refractivity contribution < 1.29 is 18.3 Å². The summed E-state index contributed by atoms with van der Waals surface area (Å²) in [6.45, 7) is 1.38. The molecule has 0 aliphatic carbocycles. The van der Waals surface area contributed by atoms with Crippen LogP contribution in [0.5, 0.6) is 0 Å². The lowest BCUT2D eigenvalue weighted by atomic mass is 10.1. The van der Waals surface area contributed by atoms with E-state index in [2.05, 4.69) is 0 Å². The fourth-order valence-corrected chi connectivity index (χ4v) is 1.88. The zero-order valence-corrected chi connectivity index (χ0v) is 9.36. The number of sulfonamides is 1. The van der Waals surface area contributed by atoms with E-state index >= 15 is 0 Å². The Labute approximate surface area is 93.3 Å². The van der Waals surface area contributed by atoms with Crippen LogP contribution in [0.1, 0.15) is 12.5 Å². The highest BCUT2D eigenvalue weighted by Crippen LogP contribution is 2.16. The number of hydrogen-bond acceptors (Lipinski definition) is 3. The lowest BCUT2D eigenvalue weighted by Gasteiger charge is -2.03. The van der Waals surface area contributed by atoms with Gasteiger partial charge in [0.05, 0.1) is 4.90 Å². The fraction of sp³-hybridized carbons (Fsp3) is 0.100. The van der Waals surface area contributed by atoms with Crippen molar-refractivity contribution in [2.75, 3.05) is 0 Å². The van der Waals surface area contributed by atoms with Gasteiger partial charge in [-0.25, -0.2) is 18.4 Å². The fourth-order valence-electron chi connectivity index (χ4n) is 1.15. The van der Waals surface area contributed by atoms with E-state index in [1.165, 1.54) is 31.2 Å². The minimum absolute atomic E-state index is 0.0381. The highest BCUT2D eigenvalue weighted by molar-refractivity contribution is 7.89. The van der Waals surface area contributed by atoms with Crippen LogP contribution in [0.25, 0.3) is 6.08 Å². The van der Waals surface area contributed by atoms with Crippen LogP contribution in [0.3, 0.4) is 0 Å². The Bertz CT molecular complexity index is 546. The third-order valence-corrected chi connectivity index (χ3v) is 2.92. The van der Waals surface area contributed by atoms with Crippen molar-refractivity contribution in [2.24, 2.45) is 5.14 Å². The average molecular weight is 241 g/mol. The minimum atomic E-state index is -3.84. The van der Waals surface area contributed by atoms with Gasteiger partial charge in [-0.15, -0.1) is 0 Å². The van der Waals surface area contributed by atoms with Gasteiger partial charge in [-0.05, 0) is 24.6 Å². The van der Waals surface area contributed by atoms with Crippen molar-refractivity contribution in [3.8, 4) is 0 Å². The maximum atomic E-state index is 11.2. The number of benzene rings is 1. The molecular weight excluding hydrogens is 230 g/mol. The molecule has 16 heavy (non-hydrogen) atoms. The lowest BCUT2D eigenvalue weighted by molar-refractivity contribution is -0.132. The highest BCUT2D eigenvalue weighted by Gasteiger charge is 2.12. The third kappa shape index (κ3) is 2.91. The Morgan fingerprint density at radius 1 is 1.38 bits per heavy atom. The monoisotopic (exact) mass is 241 g/mol. The van der Waals surface area contributed by atoms with E-state index in [0.29, 0.717) is 0 Å². The molecule has 0 heterocycles. The van der Waals surface area contributed by atoms with Crippen molar-refractivity contribution in [2.45, 2.75) is 11.8 Å². The lowest BCUT2D eigenvalue weighted by Crippen LogP contribution is -2.13. The molecule has 0 fully saturated rings. The molecule has 0 saturated heterocycles. The van der Waals surface area contributed by atoms with Gasteiger partial charge in [-0.1, -0.05) is 18.2 Å². The molecule has 0 aliphatic rings. The van der Waals surface area contributed by atoms with Crippen molar-refractivity contribution >= 4 is 22.1 Å². The summed E-state index contributed by atoms with van der Waals surface area (Å²) in [5, 5.41) is 13.7. The Morgan fingerprint density at radius 3 is 2.44 bits per heavy atom. The zero-order chi connectivity index (χ0) is 12.3. The van der Waals surface area contributed by atoms with Crippen LogP contribution in [0, 0.1) is 0 Å². The molecule has 0 amide bonds. The van der Waals surface area contributed by atoms with Crippen LogP contribution in [-0.4, -0.2) is 19.5 Å². The second-order valence-corrected chi connectivity index (χ2v) is 4.75. The van der Waals surface area contributed by atoms with Crippen LogP contribution in [0.2, 0.25) is 0 Å². The van der Waals surface area contributed by atoms with Gasteiger partial charge in [0.2, 0.25) is 10.0 Å². The molecule has 1 aromatic carbocycles. The standard InChI is InChI=1S/C10H11NO4S/c1-7(10(12)13)6-8-4-2-3-5-9(8)16(11,14)15/h2-6H,1H3,(H,12,13)(H2,11,14,15). The van der Waals surface area contributed by atoms with E-state index in [9.17, 15) is 13.2 Å². The summed E-state index contributed by atoms with van der Waals surface area (Å²) in [5.41, 5.74) is 0.306. The number of carbonyl (C=O) groups is 1. The summed E-state index contributed by atoms with van der Waals surface area (Å²) in [6.07, 6.45) is 1.27. The van der Waals surface area contributed by atoms with E-state index in [4.69, 9.17) is 10.2 Å². The molecule has 0 radical (unpaired) electrons. The van der Waals surface area contributed by atoms with Crippen LogP contribution in [0.4, 0.5) is 0 Å². The maximum Gasteiger partial charge on any atom is 0.331 e. The van der Waals surface area contributed by atoms with Crippen molar-refractivity contribution in [3.63, 3.8) is 0 Å². The molecule has 86 valence electrons. The quantitative estimate of drug-likeness (QED) is 0.765. The molecule has 1 aromatic rings. The van der Waals surface area contributed by atoms with Gasteiger partial charge in [0.25, 0.3) is 0 Å². The van der Waals surface area contributed by atoms with Gasteiger partial charge in [0.15, 0.2) is 0 Å². The summed E-state index contributed by atoms with van der Waals surface area (Å²) >= 11 is 0. The average Bonchev–Trinajstić information content (AvgIpc) is 2.16. The first-order chi connectivity index (χ1) is 7.32. The summed E-state index contributed by atoms with van der Waals surface area (Å²) in [7, 11) is -3.84. The van der Waals surface area contributed by atoms with Crippen LogP contribution in [-0.2, 0) is 14.8 Å². The molecule has 0 unspecified atom stereocenters. The first kappa shape index (κ1) is 12.4. The predicted molar refractivity (Wildman–Crippen MR) is 59.1 cm³/mol. The number of carboxylic acid groups (broad SMARTS) is 1. The summed E-state index contributed by atoms with van der Waals surface area (Å²) in [6, 6.07) is 5.95. The van der Waals surface area contributed by atoms with Gasteiger partial charge in [-0.2, -0.15) is 0 Å². The van der Waals surface area contributed by atoms with Crippen molar-refractivity contribution in [3.05, 3.63) is 35.4 Å². The molecule has 0 aromatic heterocycles. The second-order valence-electron chi connectivity index (χ2n) is 3.22. The normalized spacial score (nSPS) is 12.5. The molecular formula is C10H11NO4S. The Kier molecular flexibility index (Phi) is 3.46. The van der Waals surface area contributed by atoms with Gasteiger partial charge in [0, 0.05) is 5.57 Å². The molecule has 5 nitrogen and oxygen atoms in total. The van der Waals surface area contributed by atoms with Gasteiger partial charge >= 0.3 is 5.97 Å². The summed E-state index contributed by atoms with van der Waals surface area (Å²) in [5.74, 6) is -1.11. The molecule has 6 heteroatoms. The van der Waals surface area contributed by atoms with Gasteiger partial charge < -0.3 is 5.11 Å². The topological polar surface area (TPSA) is 97.5 Å². The van der Waals surface area contributed by atoms with Crippen molar-refractivity contribution in [1.82, 2.24) is 0 Å². The highest BCUT2D eigenvalue weighted by atomic mass is 32.2. The van der Waals surface area contributed by atoms with Crippen LogP contribution >= 0.6 is 0 Å². The largest absolute Gasteiger partial charge is 0.478 e. The first-order valence-electron chi connectivity index (χ1n) is 4.36. The maximum absolute atomic E-state index is 11.2. The van der Waals surface area contributed by atoms with Gasteiger partial charge in [-0.3, -0.25) is 0 Å². The van der Waals surface area contributed by atoms with E-state index in [1.54, 1.807) is 6.07 Å². The zero-order valence-electron chi connectivity index (χ0n) is 8.54. The number of rotatable bonds is 3. The number of carboxylic acids is 1. The molecule has 0 bridgehead atoms. The van der Waals surface area contributed by atoms with Crippen LogP contribution in [0.15, 0.2) is 34.7 Å². The molecule has 0 atom stereocenters. The Hall–Kier alpha value is -1.66. The van der Waals surface area contributed by atoms with Crippen LogP contribution < -0.4 is 5.14 Å². The molecule has 0 spiro atoms. The third-order valence-electron chi connectivity index (χ3n) is 1.93. The first-order valence-corrected chi connectivity index (χ1v) is 5.90. The van der Waals surface area contributed by atoms with E-state index in [-0.39, 0.29) is 16.0 Å². The SMILES string of the molecule is CC(=Cc1ccccc1S(N)(=O)=O)C(=O)O. The molecule has 3 N–H and O–H groups in total. The minimum Gasteiger partial charge on any atom is -0.478 e. The molecule has 0 aliphatic heterocycles. The predicted octanol–water partition coefficient (Wildman–Crippen LogP) is 0.822. The van der Waals surface area contributed by atoms with E-state index in [1.807, 2.05) is 0 Å². The number of hydrogen-bond donors (Lipinski definition) is 2. The molecule has 0 saturated carbocycles. The molecule has 1 rings (SSSR count). The van der Waals surface area contributed by atoms with Gasteiger partial charge in [0.1, 0.15) is 0 Å². The van der Waals surface area contributed by atoms with E-state index in [0.717, 1.165) is 0 Å². The Morgan fingerprint density at radius 2 is 1.94 bits per heavy atom. The van der Waals surface area contributed by atoms with Crippen molar-refractivity contribution in [1.29, 1.82) is 0 Å². The van der Waals surface area contributed by atoms with E-state index < -0.39 is 16.0 Å². The Balaban J connectivity index is 3.37. The number of aliphatic carboxylic acids is 1.